The van der Waals surface area contributed by atoms with Gasteiger partial charge in [0.05, 0.1) is 29.9 Å². The van der Waals surface area contributed by atoms with Crippen molar-refractivity contribution >= 4 is 22.2 Å². The number of imidazole rings is 1. The highest BCUT2D eigenvalue weighted by Crippen LogP contribution is 2.30. The summed E-state index contributed by atoms with van der Waals surface area (Å²) in [7, 11) is 0. The van der Waals surface area contributed by atoms with Gasteiger partial charge in [-0.2, -0.15) is 4.68 Å². The first-order chi connectivity index (χ1) is 16.9. The van der Waals surface area contributed by atoms with Crippen LogP contribution in [0.25, 0.3) is 22.2 Å². The van der Waals surface area contributed by atoms with Crippen molar-refractivity contribution in [2.45, 2.75) is 51.6 Å². The molecule has 4 aromatic rings. The van der Waals surface area contributed by atoms with Crippen LogP contribution in [0.5, 0.6) is 0 Å². The third-order valence-electron chi connectivity index (χ3n) is 6.91. The van der Waals surface area contributed by atoms with Gasteiger partial charge in [0.1, 0.15) is 0 Å². The van der Waals surface area contributed by atoms with Gasteiger partial charge in [-0.15, -0.1) is 5.92 Å². The smallest absolute Gasteiger partial charge is 0.339 e. The molecule has 5 rings (SSSR count). The predicted molar refractivity (Wildman–Crippen MR) is 135 cm³/mol. The summed E-state index contributed by atoms with van der Waals surface area (Å²) in [6, 6.07) is 3.95. The summed E-state index contributed by atoms with van der Waals surface area (Å²) in [4.78, 5) is 45.1. The molecule has 10 heteroatoms. The predicted octanol–water partition coefficient (Wildman–Crippen LogP) is 1.38. The van der Waals surface area contributed by atoms with E-state index in [0.29, 0.717) is 19.5 Å². The molecule has 1 fully saturated rings. The molecule has 0 amide bonds. The van der Waals surface area contributed by atoms with Crippen molar-refractivity contribution in [3.8, 4) is 11.8 Å². The van der Waals surface area contributed by atoms with Gasteiger partial charge in [0, 0.05) is 24.5 Å². The SMILES string of the molecule is CC#CCNC1(C)CCCN(n2c(=O)[nH]c3nc[nH]c3c2=O)C1Cc1cc(C)c2nccnc2c1. The molecule has 1 aromatic carbocycles. The van der Waals surface area contributed by atoms with Crippen LogP contribution in [0.2, 0.25) is 0 Å². The highest BCUT2D eigenvalue weighted by Gasteiger charge is 2.42. The zero-order valence-corrected chi connectivity index (χ0v) is 20.1. The molecule has 0 aliphatic carbocycles. The van der Waals surface area contributed by atoms with Gasteiger partial charge in [0.2, 0.25) is 0 Å². The van der Waals surface area contributed by atoms with Crippen molar-refractivity contribution < 1.29 is 0 Å². The minimum absolute atomic E-state index is 0.206. The van der Waals surface area contributed by atoms with Crippen LogP contribution >= 0.6 is 0 Å². The van der Waals surface area contributed by atoms with E-state index in [1.54, 1.807) is 12.4 Å². The zero-order valence-electron chi connectivity index (χ0n) is 20.1. The van der Waals surface area contributed by atoms with Crippen LogP contribution in [0.3, 0.4) is 0 Å². The lowest BCUT2D eigenvalue weighted by atomic mass is 9.80. The fraction of sp³-hybridized carbons (Fsp3) is 0.400. The number of hydrogen-bond donors (Lipinski definition) is 3. The molecule has 180 valence electrons. The number of aromatic amines is 2. The van der Waals surface area contributed by atoms with Crippen LogP contribution in [-0.4, -0.2) is 54.3 Å². The molecule has 0 radical (unpaired) electrons. The van der Waals surface area contributed by atoms with Crippen LogP contribution in [0.15, 0.2) is 40.4 Å². The summed E-state index contributed by atoms with van der Waals surface area (Å²) in [6.07, 6.45) is 7.08. The third kappa shape index (κ3) is 4.08. The quantitative estimate of drug-likeness (QED) is 0.375. The Morgan fingerprint density at radius 3 is 2.89 bits per heavy atom. The Balaban J connectivity index is 1.63. The van der Waals surface area contributed by atoms with Crippen LogP contribution in [0.4, 0.5) is 0 Å². The normalized spacial score (nSPS) is 20.2. The monoisotopic (exact) mass is 472 g/mol. The molecule has 1 saturated heterocycles. The number of aryl methyl sites for hydroxylation is 1. The highest BCUT2D eigenvalue weighted by molar-refractivity contribution is 5.78. The van der Waals surface area contributed by atoms with E-state index in [4.69, 9.17) is 0 Å². The summed E-state index contributed by atoms with van der Waals surface area (Å²) in [6.45, 7) is 7.06. The van der Waals surface area contributed by atoms with Gasteiger partial charge >= 0.3 is 11.2 Å². The topological polar surface area (TPSA) is 125 Å². The van der Waals surface area contributed by atoms with Gasteiger partial charge in [0.15, 0.2) is 11.2 Å². The number of benzene rings is 1. The summed E-state index contributed by atoms with van der Waals surface area (Å²) in [5, 5.41) is 5.50. The zero-order chi connectivity index (χ0) is 24.6. The van der Waals surface area contributed by atoms with Crippen molar-refractivity contribution in [2.24, 2.45) is 0 Å². The second kappa shape index (κ2) is 9.00. The first-order valence-electron chi connectivity index (χ1n) is 11.7. The Morgan fingerprint density at radius 2 is 2.06 bits per heavy atom. The van der Waals surface area contributed by atoms with E-state index >= 15 is 0 Å². The van der Waals surface area contributed by atoms with Crippen LogP contribution in [0.1, 0.15) is 37.8 Å². The van der Waals surface area contributed by atoms with Gasteiger partial charge in [-0.3, -0.25) is 25.1 Å². The average molecular weight is 473 g/mol. The molecule has 2 atom stereocenters. The van der Waals surface area contributed by atoms with Crippen LogP contribution < -0.4 is 21.6 Å². The molecule has 0 bridgehead atoms. The van der Waals surface area contributed by atoms with Crippen LogP contribution in [0, 0.1) is 18.8 Å². The van der Waals surface area contributed by atoms with Crippen molar-refractivity contribution in [3.63, 3.8) is 0 Å². The highest BCUT2D eigenvalue weighted by atomic mass is 16.2. The minimum atomic E-state index is -0.502. The van der Waals surface area contributed by atoms with E-state index in [-0.39, 0.29) is 17.2 Å². The lowest BCUT2D eigenvalue weighted by Gasteiger charge is -2.49. The number of H-pyrrole nitrogens is 2. The molecule has 10 nitrogen and oxygen atoms in total. The number of aromatic nitrogens is 6. The molecule has 35 heavy (non-hydrogen) atoms. The number of hydrogen-bond acceptors (Lipinski definition) is 7. The molecular formula is C25H28N8O2. The minimum Gasteiger partial charge on any atom is -0.339 e. The Kier molecular flexibility index (Phi) is 5.86. The van der Waals surface area contributed by atoms with E-state index in [2.05, 4.69) is 55.1 Å². The Morgan fingerprint density at radius 1 is 1.23 bits per heavy atom. The maximum absolute atomic E-state index is 13.4. The number of rotatable bonds is 5. The molecular weight excluding hydrogens is 444 g/mol. The third-order valence-corrected chi connectivity index (χ3v) is 6.91. The molecule has 4 heterocycles. The van der Waals surface area contributed by atoms with E-state index < -0.39 is 16.8 Å². The summed E-state index contributed by atoms with van der Waals surface area (Å²) in [5.74, 6) is 6.02. The van der Waals surface area contributed by atoms with Crippen molar-refractivity contribution in [1.29, 1.82) is 0 Å². The molecule has 3 aromatic heterocycles. The molecule has 0 saturated carbocycles. The molecule has 1 aliphatic rings. The van der Waals surface area contributed by atoms with Gasteiger partial charge in [-0.1, -0.05) is 12.0 Å². The summed E-state index contributed by atoms with van der Waals surface area (Å²) >= 11 is 0. The molecule has 0 spiro atoms. The lowest BCUT2D eigenvalue weighted by Crippen LogP contribution is -2.69. The Bertz CT molecular complexity index is 1570. The van der Waals surface area contributed by atoms with Gasteiger partial charge in [0.25, 0.3) is 0 Å². The van der Waals surface area contributed by atoms with E-state index in [1.807, 2.05) is 24.9 Å². The van der Waals surface area contributed by atoms with Crippen LogP contribution in [-0.2, 0) is 6.42 Å². The fourth-order valence-corrected chi connectivity index (χ4v) is 5.17. The second-order valence-electron chi connectivity index (χ2n) is 9.19. The summed E-state index contributed by atoms with van der Waals surface area (Å²) in [5.41, 5.74) is 3.01. The Hall–Kier alpha value is -3.97. The van der Waals surface area contributed by atoms with Gasteiger partial charge in [-0.25, -0.2) is 9.78 Å². The standard InChI is InChI=1S/C25H28N8O2/c1-4-5-8-30-25(3)7-6-11-32(33-23(34)21-22(29-15-28-21)31-24(33)35)19(25)14-17-12-16(2)20-18(13-17)26-9-10-27-20/h9-10,12-13,15,19,30H,6-8,11,14H2,1-3H3,(H,28,29)(H,31,35). The number of piperidine rings is 1. The fourth-order valence-electron chi connectivity index (χ4n) is 5.17. The van der Waals surface area contributed by atoms with Gasteiger partial charge in [-0.05, 0) is 57.2 Å². The number of nitrogens with zero attached hydrogens (tertiary/aromatic N) is 5. The van der Waals surface area contributed by atoms with Crippen molar-refractivity contribution in [2.75, 3.05) is 18.1 Å². The van der Waals surface area contributed by atoms with E-state index in [9.17, 15) is 9.59 Å². The summed E-state index contributed by atoms with van der Waals surface area (Å²) < 4.78 is 1.23. The van der Waals surface area contributed by atoms with E-state index in [0.717, 1.165) is 35.0 Å². The van der Waals surface area contributed by atoms with Gasteiger partial charge < -0.3 is 9.99 Å². The first kappa shape index (κ1) is 22.8. The van der Waals surface area contributed by atoms with E-state index in [1.165, 1.54) is 11.0 Å². The maximum Gasteiger partial charge on any atom is 0.349 e. The molecule has 2 unspecified atom stereocenters. The number of fused-ring (bicyclic) bond motifs is 2. The first-order valence-corrected chi connectivity index (χ1v) is 11.7. The maximum atomic E-state index is 13.4. The number of nitrogens with one attached hydrogen (secondary N) is 3. The van der Waals surface area contributed by atoms with Crippen molar-refractivity contribution in [1.82, 2.24) is 34.9 Å². The molecule has 1 aliphatic heterocycles. The largest absolute Gasteiger partial charge is 0.349 e. The molecule has 3 N–H and O–H groups in total. The second-order valence-corrected chi connectivity index (χ2v) is 9.19. The Labute approximate surface area is 201 Å². The lowest BCUT2D eigenvalue weighted by molar-refractivity contribution is 0.199. The average Bonchev–Trinajstić information content (AvgIpc) is 3.30. The van der Waals surface area contributed by atoms with Crippen molar-refractivity contribution in [3.05, 3.63) is 62.8 Å².